The van der Waals surface area contributed by atoms with E-state index in [4.69, 9.17) is 21.4 Å². The summed E-state index contributed by atoms with van der Waals surface area (Å²) < 4.78 is 5.12. The van der Waals surface area contributed by atoms with Crippen LogP contribution in [0.15, 0.2) is 18.2 Å². The first kappa shape index (κ1) is 13.1. The summed E-state index contributed by atoms with van der Waals surface area (Å²) >= 11 is 6.04. The zero-order valence-corrected chi connectivity index (χ0v) is 10.3. The first-order chi connectivity index (χ1) is 7.77. The standard InChI is InChI=1S/C12H18ClNO2/c1-16-10-5-6-11(13)12(9-10)14-7-3-2-4-8-15/h5-6,9,14-15H,2-4,7-8H2,1H3. The van der Waals surface area contributed by atoms with Crippen LogP contribution in [0.2, 0.25) is 5.02 Å². The van der Waals surface area contributed by atoms with Gasteiger partial charge in [0.2, 0.25) is 0 Å². The van der Waals surface area contributed by atoms with Gasteiger partial charge < -0.3 is 15.2 Å². The highest BCUT2D eigenvalue weighted by atomic mass is 35.5. The lowest BCUT2D eigenvalue weighted by Gasteiger charge is -2.09. The summed E-state index contributed by atoms with van der Waals surface area (Å²) in [5.41, 5.74) is 0.894. The lowest BCUT2D eigenvalue weighted by Crippen LogP contribution is -2.02. The van der Waals surface area contributed by atoms with Gasteiger partial charge in [0.15, 0.2) is 0 Å². The monoisotopic (exact) mass is 243 g/mol. The van der Waals surface area contributed by atoms with E-state index in [1.54, 1.807) is 7.11 Å². The Kier molecular flexibility index (Phi) is 6.04. The summed E-state index contributed by atoms with van der Waals surface area (Å²) in [6.45, 7) is 1.12. The highest BCUT2D eigenvalue weighted by Crippen LogP contribution is 2.26. The zero-order chi connectivity index (χ0) is 11.8. The van der Waals surface area contributed by atoms with Gasteiger partial charge in [0.1, 0.15) is 5.75 Å². The van der Waals surface area contributed by atoms with Crippen LogP contribution in [-0.4, -0.2) is 25.4 Å². The van der Waals surface area contributed by atoms with Gasteiger partial charge in [0.05, 0.1) is 17.8 Å². The molecule has 90 valence electrons. The molecular weight excluding hydrogens is 226 g/mol. The fraction of sp³-hybridized carbons (Fsp3) is 0.500. The largest absolute Gasteiger partial charge is 0.497 e. The molecule has 0 aliphatic carbocycles. The molecule has 0 atom stereocenters. The number of methoxy groups -OCH3 is 1. The number of hydrogen-bond donors (Lipinski definition) is 2. The summed E-state index contributed by atoms with van der Waals surface area (Å²) in [4.78, 5) is 0. The SMILES string of the molecule is COc1ccc(Cl)c(NCCCCCO)c1. The number of hydrogen-bond acceptors (Lipinski definition) is 3. The summed E-state index contributed by atoms with van der Waals surface area (Å²) in [6, 6.07) is 5.53. The molecule has 0 spiro atoms. The van der Waals surface area contributed by atoms with Crippen LogP contribution in [0.3, 0.4) is 0 Å². The molecule has 2 N–H and O–H groups in total. The first-order valence-electron chi connectivity index (χ1n) is 5.46. The number of ether oxygens (including phenoxy) is 1. The minimum atomic E-state index is 0.264. The third-order valence-electron chi connectivity index (χ3n) is 2.32. The molecule has 0 heterocycles. The van der Waals surface area contributed by atoms with E-state index in [9.17, 15) is 0 Å². The molecular formula is C12H18ClNO2. The molecule has 0 saturated carbocycles. The zero-order valence-electron chi connectivity index (χ0n) is 9.50. The molecule has 1 aromatic rings. The molecule has 0 unspecified atom stereocenters. The van der Waals surface area contributed by atoms with Gasteiger partial charge in [-0.15, -0.1) is 0 Å². The Bertz CT molecular complexity index is 318. The molecule has 0 radical (unpaired) electrons. The van der Waals surface area contributed by atoms with Gasteiger partial charge in [-0.1, -0.05) is 11.6 Å². The van der Waals surface area contributed by atoms with Gasteiger partial charge in [0.25, 0.3) is 0 Å². The van der Waals surface area contributed by atoms with Crippen molar-refractivity contribution in [2.24, 2.45) is 0 Å². The van der Waals surface area contributed by atoms with E-state index in [2.05, 4.69) is 5.32 Å². The maximum absolute atomic E-state index is 8.64. The van der Waals surface area contributed by atoms with Crippen LogP contribution < -0.4 is 10.1 Å². The number of anilines is 1. The number of nitrogens with one attached hydrogen (secondary N) is 1. The van der Waals surface area contributed by atoms with Crippen LogP contribution >= 0.6 is 11.6 Å². The van der Waals surface area contributed by atoms with Crippen molar-refractivity contribution in [3.63, 3.8) is 0 Å². The summed E-state index contributed by atoms with van der Waals surface area (Å²) in [5, 5.41) is 12.6. The number of aliphatic hydroxyl groups excluding tert-OH is 1. The number of halogens is 1. The minimum Gasteiger partial charge on any atom is -0.497 e. The van der Waals surface area contributed by atoms with Crippen molar-refractivity contribution in [2.45, 2.75) is 19.3 Å². The summed E-state index contributed by atoms with van der Waals surface area (Å²) in [5.74, 6) is 0.794. The maximum Gasteiger partial charge on any atom is 0.121 e. The van der Waals surface area contributed by atoms with Crippen LogP contribution in [0.5, 0.6) is 5.75 Å². The predicted molar refractivity (Wildman–Crippen MR) is 67.4 cm³/mol. The van der Waals surface area contributed by atoms with Gasteiger partial charge in [0, 0.05) is 19.2 Å². The van der Waals surface area contributed by atoms with Gasteiger partial charge in [-0.3, -0.25) is 0 Å². The normalized spacial score (nSPS) is 10.2. The second-order valence-corrected chi connectivity index (χ2v) is 3.96. The topological polar surface area (TPSA) is 41.5 Å². The Balaban J connectivity index is 2.40. The molecule has 1 rings (SSSR count). The molecule has 0 amide bonds. The first-order valence-corrected chi connectivity index (χ1v) is 5.84. The number of aliphatic hydroxyl groups is 1. The van der Waals surface area contributed by atoms with E-state index in [0.29, 0.717) is 5.02 Å². The van der Waals surface area contributed by atoms with E-state index in [-0.39, 0.29) is 6.61 Å². The molecule has 0 fully saturated rings. The van der Waals surface area contributed by atoms with Gasteiger partial charge in [-0.25, -0.2) is 0 Å². The molecule has 0 aromatic heterocycles. The summed E-state index contributed by atoms with van der Waals surface area (Å²) in [7, 11) is 1.63. The Hall–Kier alpha value is -0.930. The van der Waals surface area contributed by atoms with Crippen molar-refractivity contribution in [3.8, 4) is 5.75 Å². The third kappa shape index (κ3) is 4.29. The van der Waals surface area contributed by atoms with E-state index in [0.717, 1.165) is 37.2 Å². The van der Waals surface area contributed by atoms with Crippen molar-refractivity contribution < 1.29 is 9.84 Å². The van der Waals surface area contributed by atoms with E-state index in [1.807, 2.05) is 18.2 Å². The molecule has 4 heteroatoms. The maximum atomic E-state index is 8.64. The van der Waals surface area contributed by atoms with Crippen LogP contribution in [0.1, 0.15) is 19.3 Å². The lowest BCUT2D eigenvalue weighted by molar-refractivity contribution is 0.283. The quantitative estimate of drug-likeness (QED) is 0.724. The molecule has 0 bridgehead atoms. The Morgan fingerprint density at radius 3 is 2.81 bits per heavy atom. The number of rotatable bonds is 7. The van der Waals surface area contributed by atoms with Crippen molar-refractivity contribution >= 4 is 17.3 Å². The Labute approximate surface area is 101 Å². The van der Waals surface area contributed by atoms with Gasteiger partial charge >= 0.3 is 0 Å². The average Bonchev–Trinajstić information content (AvgIpc) is 2.31. The second kappa shape index (κ2) is 7.36. The molecule has 0 aliphatic heterocycles. The minimum absolute atomic E-state index is 0.264. The fourth-order valence-corrected chi connectivity index (χ4v) is 1.59. The van der Waals surface area contributed by atoms with Crippen molar-refractivity contribution in [1.29, 1.82) is 0 Å². The molecule has 0 saturated heterocycles. The van der Waals surface area contributed by atoms with E-state index >= 15 is 0 Å². The van der Waals surface area contributed by atoms with Crippen molar-refractivity contribution in [1.82, 2.24) is 0 Å². The second-order valence-electron chi connectivity index (χ2n) is 3.56. The Morgan fingerprint density at radius 1 is 1.31 bits per heavy atom. The molecule has 0 aliphatic rings. The van der Waals surface area contributed by atoms with Crippen LogP contribution in [0.4, 0.5) is 5.69 Å². The highest BCUT2D eigenvalue weighted by Gasteiger charge is 2.01. The van der Waals surface area contributed by atoms with E-state index in [1.165, 1.54) is 0 Å². The Morgan fingerprint density at radius 2 is 2.12 bits per heavy atom. The molecule has 3 nitrogen and oxygen atoms in total. The third-order valence-corrected chi connectivity index (χ3v) is 2.65. The average molecular weight is 244 g/mol. The predicted octanol–water partition coefficient (Wildman–Crippen LogP) is 2.92. The summed E-state index contributed by atoms with van der Waals surface area (Å²) in [6.07, 6.45) is 2.90. The van der Waals surface area contributed by atoms with E-state index < -0.39 is 0 Å². The highest BCUT2D eigenvalue weighted by molar-refractivity contribution is 6.33. The van der Waals surface area contributed by atoms with Crippen molar-refractivity contribution in [2.75, 3.05) is 25.6 Å². The van der Waals surface area contributed by atoms with Gasteiger partial charge in [-0.2, -0.15) is 0 Å². The fourth-order valence-electron chi connectivity index (χ4n) is 1.40. The molecule has 16 heavy (non-hydrogen) atoms. The number of unbranched alkanes of at least 4 members (excludes halogenated alkanes) is 2. The van der Waals surface area contributed by atoms with Crippen LogP contribution in [0.25, 0.3) is 0 Å². The van der Waals surface area contributed by atoms with Crippen LogP contribution in [-0.2, 0) is 0 Å². The lowest BCUT2D eigenvalue weighted by atomic mass is 10.2. The van der Waals surface area contributed by atoms with Crippen molar-refractivity contribution in [3.05, 3.63) is 23.2 Å². The number of benzene rings is 1. The van der Waals surface area contributed by atoms with Crippen LogP contribution in [0, 0.1) is 0 Å². The smallest absolute Gasteiger partial charge is 0.121 e. The molecule has 1 aromatic carbocycles. The van der Waals surface area contributed by atoms with Gasteiger partial charge in [-0.05, 0) is 31.4 Å².